The van der Waals surface area contributed by atoms with Crippen molar-refractivity contribution >= 4 is 22.4 Å². The van der Waals surface area contributed by atoms with Crippen molar-refractivity contribution in [2.45, 2.75) is 6.18 Å². The van der Waals surface area contributed by atoms with E-state index >= 15 is 0 Å². The second-order valence-electron chi connectivity index (χ2n) is 7.19. The molecular formula is C24H16F3N5. The average Bonchev–Trinajstić information content (AvgIpc) is 3.23. The van der Waals surface area contributed by atoms with Gasteiger partial charge in [-0.25, -0.2) is 15.0 Å². The van der Waals surface area contributed by atoms with Crippen molar-refractivity contribution in [2.75, 3.05) is 5.32 Å². The molecule has 0 unspecified atom stereocenters. The van der Waals surface area contributed by atoms with Gasteiger partial charge in [0.2, 0.25) is 0 Å². The predicted molar refractivity (Wildman–Crippen MR) is 117 cm³/mol. The van der Waals surface area contributed by atoms with E-state index in [1.54, 1.807) is 6.20 Å². The lowest BCUT2D eigenvalue weighted by Crippen LogP contribution is -2.04. The summed E-state index contributed by atoms with van der Waals surface area (Å²) < 4.78 is 38.9. The highest BCUT2D eigenvalue weighted by Crippen LogP contribution is 2.32. The molecule has 0 aliphatic heterocycles. The Morgan fingerprint density at radius 3 is 2.41 bits per heavy atom. The van der Waals surface area contributed by atoms with Crippen LogP contribution in [0.4, 0.5) is 24.5 Å². The molecule has 2 aromatic heterocycles. The molecule has 0 amide bonds. The third-order valence-electron chi connectivity index (χ3n) is 5.00. The summed E-state index contributed by atoms with van der Waals surface area (Å²) in [5.41, 5.74) is 4.41. The highest BCUT2D eigenvalue weighted by Gasteiger charge is 2.30. The van der Waals surface area contributed by atoms with Crippen LogP contribution in [0.1, 0.15) is 5.56 Å². The summed E-state index contributed by atoms with van der Waals surface area (Å²) >= 11 is 0. The number of fused-ring (bicyclic) bond motifs is 1. The molecule has 8 heteroatoms. The number of benzene rings is 3. The zero-order valence-electron chi connectivity index (χ0n) is 16.6. The maximum absolute atomic E-state index is 13.0. The van der Waals surface area contributed by atoms with Gasteiger partial charge in [-0.1, -0.05) is 24.3 Å². The molecular weight excluding hydrogens is 415 g/mol. The van der Waals surface area contributed by atoms with Crippen LogP contribution in [0.5, 0.6) is 0 Å². The van der Waals surface area contributed by atoms with Gasteiger partial charge in [-0.05, 0) is 48.5 Å². The first kappa shape index (κ1) is 19.7. The molecule has 32 heavy (non-hydrogen) atoms. The normalized spacial score (nSPS) is 11.6. The van der Waals surface area contributed by atoms with E-state index in [9.17, 15) is 13.2 Å². The van der Waals surface area contributed by atoms with E-state index in [0.717, 1.165) is 40.3 Å². The number of imidazole rings is 1. The number of aromatic nitrogens is 4. The highest BCUT2D eigenvalue weighted by molar-refractivity contribution is 5.81. The summed E-state index contributed by atoms with van der Waals surface area (Å²) in [6, 6.07) is 20.7. The molecule has 158 valence electrons. The van der Waals surface area contributed by atoms with Crippen molar-refractivity contribution in [2.24, 2.45) is 0 Å². The molecule has 5 rings (SSSR count). The Labute approximate surface area is 181 Å². The molecule has 5 nitrogen and oxygen atoms in total. The monoisotopic (exact) mass is 431 g/mol. The fourth-order valence-electron chi connectivity index (χ4n) is 3.42. The predicted octanol–water partition coefficient (Wildman–Crippen LogP) is 6.45. The van der Waals surface area contributed by atoms with E-state index in [-0.39, 0.29) is 0 Å². The lowest BCUT2D eigenvalue weighted by Gasteiger charge is -2.09. The quantitative estimate of drug-likeness (QED) is 0.343. The molecule has 0 saturated heterocycles. The minimum atomic E-state index is -4.40. The van der Waals surface area contributed by atoms with Gasteiger partial charge in [0.25, 0.3) is 0 Å². The number of aromatic amines is 1. The number of H-pyrrole nitrogens is 1. The van der Waals surface area contributed by atoms with Gasteiger partial charge in [0.05, 0.1) is 22.3 Å². The molecule has 2 heterocycles. The van der Waals surface area contributed by atoms with E-state index in [4.69, 9.17) is 0 Å². The summed E-state index contributed by atoms with van der Waals surface area (Å²) in [6.07, 6.45) is -1.19. The molecule has 0 saturated carbocycles. The second-order valence-corrected chi connectivity index (χ2v) is 7.19. The van der Waals surface area contributed by atoms with Crippen molar-refractivity contribution in [3.63, 3.8) is 0 Å². The van der Waals surface area contributed by atoms with Crippen LogP contribution >= 0.6 is 0 Å². The minimum Gasteiger partial charge on any atom is -0.356 e. The molecule has 5 aromatic rings. The molecule has 0 spiro atoms. The zero-order chi connectivity index (χ0) is 22.1. The van der Waals surface area contributed by atoms with Crippen LogP contribution in [-0.2, 0) is 6.18 Å². The standard InChI is InChI=1S/C24H16F3N5/c25-24(26,27)17-6-9-21-22(13-17)32-23(31-21)16-2-1-3-19(12-16)30-18-7-4-15(5-8-18)20-10-11-28-14-29-20/h1-14,30H,(H,31,32). The summed E-state index contributed by atoms with van der Waals surface area (Å²) in [7, 11) is 0. The number of anilines is 2. The Morgan fingerprint density at radius 1 is 0.812 bits per heavy atom. The molecule has 0 radical (unpaired) electrons. The number of hydrogen-bond donors (Lipinski definition) is 2. The van der Waals surface area contributed by atoms with E-state index in [1.165, 1.54) is 12.4 Å². The van der Waals surface area contributed by atoms with Crippen molar-refractivity contribution in [1.82, 2.24) is 19.9 Å². The first-order chi connectivity index (χ1) is 15.5. The van der Waals surface area contributed by atoms with Gasteiger partial charge in [-0.15, -0.1) is 0 Å². The van der Waals surface area contributed by atoms with Gasteiger partial charge in [0.15, 0.2) is 0 Å². The first-order valence-electron chi connectivity index (χ1n) is 9.77. The van der Waals surface area contributed by atoms with Crippen LogP contribution in [0.3, 0.4) is 0 Å². The average molecular weight is 431 g/mol. The molecule has 3 aromatic carbocycles. The lowest BCUT2D eigenvalue weighted by molar-refractivity contribution is -0.137. The number of halogens is 3. The van der Waals surface area contributed by atoms with E-state index in [0.29, 0.717) is 16.9 Å². The Morgan fingerprint density at radius 2 is 1.66 bits per heavy atom. The number of hydrogen-bond acceptors (Lipinski definition) is 4. The third-order valence-corrected chi connectivity index (χ3v) is 5.00. The minimum absolute atomic E-state index is 0.341. The zero-order valence-corrected chi connectivity index (χ0v) is 16.6. The van der Waals surface area contributed by atoms with Gasteiger partial charge >= 0.3 is 6.18 Å². The molecule has 0 atom stereocenters. The Hall–Kier alpha value is -4.20. The van der Waals surface area contributed by atoms with E-state index < -0.39 is 11.7 Å². The van der Waals surface area contributed by atoms with Gasteiger partial charge in [0.1, 0.15) is 12.2 Å². The summed E-state index contributed by atoms with van der Waals surface area (Å²) in [4.78, 5) is 15.6. The Kier molecular flexibility index (Phi) is 4.82. The number of nitrogens with zero attached hydrogens (tertiary/aromatic N) is 3. The topological polar surface area (TPSA) is 66.5 Å². The number of rotatable bonds is 4. The number of nitrogens with one attached hydrogen (secondary N) is 2. The van der Waals surface area contributed by atoms with Gasteiger partial charge in [-0.2, -0.15) is 13.2 Å². The van der Waals surface area contributed by atoms with Crippen LogP contribution < -0.4 is 5.32 Å². The lowest BCUT2D eigenvalue weighted by atomic mass is 10.1. The van der Waals surface area contributed by atoms with Crippen molar-refractivity contribution in [3.05, 3.63) is 90.9 Å². The van der Waals surface area contributed by atoms with Crippen molar-refractivity contribution < 1.29 is 13.2 Å². The van der Waals surface area contributed by atoms with Crippen LogP contribution in [0.15, 0.2) is 85.3 Å². The van der Waals surface area contributed by atoms with Gasteiger partial charge in [-0.3, -0.25) is 0 Å². The SMILES string of the molecule is FC(F)(F)c1ccc2nc(-c3cccc(Nc4ccc(-c5ccncn5)cc4)c3)[nH]c2c1. The maximum atomic E-state index is 13.0. The first-order valence-corrected chi connectivity index (χ1v) is 9.77. The van der Waals surface area contributed by atoms with Gasteiger partial charge in [0, 0.05) is 28.7 Å². The second kappa shape index (κ2) is 7.81. The summed E-state index contributed by atoms with van der Waals surface area (Å²) in [6.45, 7) is 0. The third kappa shape index (κ3) is 4.02. The van der Waals surface area contributed by atoms with Crippen LogP contribution in [0.25, 0.3) is 33.7 Å². The fourth-order valence-corrected chi connectivity index (χ4v) is 3.42. The molecule has 0 bridgehead atoms. The summed E-state index contributed by atoms with van der Waals surface area (Å²) in [5, 5.41) is 3.33. The molecule has 0 aliphatic rings. The van der Waals surface area contributed by atoms with Crippen molar-refractivity contribution in [3.8, 4) is 22.6 Å². The van der Waals surface area contributed by atoms with E-state index in [1.807, 2.05) is 54.6 Å². The van der Waals surface area contributed by atoms with Crippen LogP contribution in [0, 0.1) is 0 Å². The largest absolute Gasteiger partial charge is 0.416 e. The molecule has 0 fully saturated rings. The van der Waals surface area contributed by atoms with Crippen molar-refractivity contribution in [1.29, 1.82) is 0 Å². The Bertz CT molecular complexity index is 1380. The fraction of sp³-hybridized carbons (Fsp3) is 0.0417. The maximum Gasteiger partial charge on any atom is 0.416 e. The Balaban J connectivity index is 1.39. The van der Waals surface area contributed by atoms with Gasteiger partial charge < -0.3 is 10.3 Å². The van der Waals surface area contributed by atoms with E-state index in [2.05, 4.69) is 25.3 Å². The molecule has 2 N–H and O–H groups in total. The highest BCUT2D eigenvalue weighted by atomic mass is 19.4. The summed E-state index contributed by atoms with van der Waals surface area (Å²) in [5.74, 6) is 0.502. The smallest absolute Gasteiger partial charge is 0.356 e. The van der Waals surface area contributed by atoms with Crippen LogP contribution in [0.2, 0.25) is 0 Å². The van der Waals surface area contributed by atoms with Crippen LogP contribution in [-0.4, -0.2) is 19.9 Å². The molecule has 0 aliphatic carbocycles. The number of alkyl halides is 3.